The van der Waals surface area contributed by atoms with Crippen molar-refractivity contribution in [2.24, 2.45) is 0 Å². The Morgan fingerprint density at radius 3 is 2.44 bits per heavy atom. The lowest BCUT2D eigenvalue weighted by Gasteiger charge is -2.18. The zero-order chi connectivity index (χ0) is 13.7. The van der Waals surface area contributed by atoms with E-state index >= 15 is 0 Å². The molecule has 18 heavy (non-hydrogen) atoms. The Balaban J connectivity index is 2.64. The molecule has 0 radical (unpaired) electrons. The Hall–Kier alpha value is -1.16. The first kappa shape index (κ1) is 14.9. The molecule has 1 atom stereocenters. The lowest BCUT2D eigenvalue weighted by Crippen LogP contribution is -2.30. The van der Waals surface area contributed by atoms with E-state index in [0.29, 0.717) is 13.0 Å². The fraction of sp³-hybridized carbons (Fsp3) is 0.462. The van der Waals surface area contributed by atoms with Crippen molar-refractivity contribution in [3.8, 4) is 0 Å². The molecule has 0 saturated heterocycles. The normalized spacial score (nSPS) is 12.3. The third-order valence-corrected chi connectivity index (χ3v) is 2.90. The SMILES string of the molecule is CC(Cl)CCN(C)C(=O)Cc1c(F)cccc1F. The van der Waals surface area contributed by atoms with Gasteiger partial charge in [0.05, 0.1) is 6.42 Å². The van der Waals surface area contributed by atoms with Crippen LogP contribution in [-0.4, -0.2) is 29.8 Å². The van der Waals surface area contributed by atoms with Crippen LogP contribution >= 0.6 is 11.6 Å². The zero-order valence-electron chi connectivity index (χ0n) is 10.4. The molecular formula is C13H16ClF2NO. The first-order chi connectivity index (χ1) is 8.41. The maximum atomic E-state index is 13.4. The van der Waals surface area contributed by atoms with Crippen LogP contribution in [0.3, 0.4) is 0 Å². The number of likely N-dealkylation sites (N-methyl/N-ethyl adjacent to an activating group) is 1. The Kier molecular flexibility index (Phi) is 5.54. The fourth-order valence-corrected chi connectivity index (χ4v) is 1.58. The van der Waals surface area contributed by atoms with E-state index in [2.05, 4.69) is 0 Å². The summed E-state index contributed by atoms with van der Waals surface area (Å²) in [7, 11) is 1.60. The summed E-state index contributed by atoms with van der Waals surface area (Å²) in [5.41, 5.74) is -0.187. The highest BCUT2D eigenvalue weighted by atomic mass is 35.5. The maximum absolute atomic E-state index is 13.4. The van der Waals surface area contributed by atoms with E-state index in [1.165, 1.54) is 11.0 Å². The molecule has 0 spiro atoms. The Morgan fingerprint density at radius 1 is 1.39 bits per heavy atom. The number of halogens is 3. The number of benzene rings is 1. The molecule has 0 aromatic heterocycles. The summed E-state index contributed by atoms with van der Waals surface area (Å²) in [6.07, 6.45) is 0.370. The molecule has 0 bridgehead atoms. The summed E-state index contributed by atoms with van der Waals surface area (Å²) in [5, 5.41) is -0.0366. The van der Waals surface area contributed by atoms with Crippen molar-refractivity contribution < 1.29 is 13.6 Å². The van der Waals surface area contributed by atoms with Gasteiger partial charge in [0, 0.05) is 24.5 Å². The average Bonchev–Trinajstić information content (AvgIpc) is 2.30. The van der Waals surface area contributed by atoms with Gasteiger partial charge < -0.3 is 4.90 Å². The molecule has 1 amide bonds. The number of rotatable bonds is 5. The largest absolute Gasteiger partial charge is 0.345 e. The number of carbonyl (C=O) groups is 1. The van der Waals surface area contributed by atoms with E-state index < -0.39 is 11.6 Å². The second-order valence-electron chi connectivity index (χ2n) is 4.26. The van der Waals surface area contributed by atoms with Crippen LogP contribution in [0, 0.1) is 11.6 Å². The van der Waals surface area contributed by atoms with Crippen LogP contribution in [0.2, 0.25) is 0 Å². The van der Waals surface area contributed by atoms with Gasteiger partial charge in [-0.15, -0.1) is 11.6 Å². The van der Waals surface area contributed by atoms with Crippen LogP contribution < -0.4 is 0 Å². The first-order valence-corrected chi connectivity index (χ1v) is 6.16. The summed E-state index contributed by atoms with van der Waals surface area (Å²) in [5.74, 6) is -1.71. The molecule has 1 unspecified atom stereocenters. The molecule has 0 N–H and O–H groups in total. The number of alkyl halides is 1. The van der Waals surface area contributed by atoms with Crippen LogP contribution in [0.5, 0.6) is 0 Å². The molecule has 1 aromatic carbocycles. The molecule has 0 heterocycles. The van der Waals surface area contributed by atoms with Crippen molar-refractivity contribution in [2.75, 3.05) is 13.6 Å². The van der Waals surface area contributed by atoms with Crippen molar-refractivity contribution >= 4 is 17.5 Å². The van der Waals surface area contributed by atoms with Crippen molar-refractivity contribution in [1.29, 1.82) is 0 Å². The van der Waals surface area contributed by atoms with Gasteiger partial charge in [-0.05, 0) is 25.5 Å². The van der Waals surface area contributed by atoms with Crippen molar-refractivity contribution in [3.05, 3.63) is 35.4 Å². The molecule has 0 fully saturated rings. The highest BCUT2D eigenvalue weighted by Gasteiger charge is 2.16. The smallest absolute Gasteiger partial charge is 0.226 e. The van der Waals surface area contributed by atoms with Gasteiger partial charge in [-0.25, -0.2) is 8.78 Å². The third-order valence-electron chi connectivity index (χ3n) is 2.68. The molecule has 1 rings (SSSR count). The lowest BCUT2D eigenvalue weighted by atomic mass is 10.1. The third kappa shape index (κ3) is 4.26. The van der Waals surface area contributed by atoms with E-state index in [9.17, 15) is 13.6 Å². The first-order valence-electron chi connectivity index (χ1n) is 5.72. The summed E-state index contributed by atoms with van der Waals surface area (Å²) < 4.78 is 26.7. The molecule has 0 aliphatic carbocycles. The number of amides is 1. The highest BCUT2D eigenvalue weighted by molar-refractivity contribution is 6.20. The van der Waals surface area contributed by atoms with E-state index in [1.54, 1.807) is 7.05 Å². The second-order valence-corrected chi connectivity index (χ2v) is 5.01. The van der Waals surface area contributed by atoms with Crippen LogP contribution in [0.25, 0.3) is 0 Å². The van der Waals surface area contributed by atoms with Crippen LogP contribution in [0.15, 0.2) is 18.2 Å². The molecule has 0 saturated carbocycles. The van der Waals surface area contributed by atoms with Crippen LogP contribution in [0.1, 0.15) is 18.9 Å². The summed E-state index contributed by atoms with van der Waals surface area (Å²) in [6, 6.07) is 3.57. The fourth-order valence-electron chi connectivity index (χ4n) is 1.48. The summed E-state index contributed by atoms with van der Waals surface area (Å²) >= 11 is 5.78. The molecule has 5 heteroatoms. The Morgan fingerprint density at radius 2 is 1.94 bits per heavy atom. The standard InChI is InChI=1S/C13H16ClF2NO/c1-9(14)6-7-17(2)13(18)8-10-11(15)4-3-5-12(10)16/h3-5,9H,6-8H2,1-2H3. The van der Waals surface area contributed by atoms with E-state index in [-0.39, 0.29) is 23.3 Å². The van der Waals surface area contributed by atoms with Crippen molar-refractivity contribution in [2.45, 2.75) is 25.1 Å². The number of hydrogen-bond donors (Lipinski definition) is 0. The van der Waals surface area contributed by atoms with Gasteiger partial charge in [0.1, 0.15) is 11.6 Å². The molecule has 0 aliphatic rings. The quantitative estimate of drug-likeness (QED) is 0.757. The molecule has 100 valence electrons. The Bertz CT molecular complexity index is 403. The number of nitrogens with zero attached hydrogens (tertiary/aromatic N) is 1. The molecule has 1 aromatic rings. The molecular weight excluding hydrogens is 260 g/mol. The van der Waals surface area contributed by atoms with Crippen molar-refractivity contribution in [3.63, 3.8) is 0 Å². The minimum Gasteiger partial charge on any atom is -0.345 e. The number of hydrogen-bond acceptors (Lipinski definition) is 1. The minimum atomic E-state index is -0.692. The summed E-state index contributed by atoms with van der Waals surface area (Å²) in [6.45, 7) is 2.30. The van der Waals surface area contributed by atoms with Crippen LogP contribution in [0.4, 0.5) is 8.78 Å². The highest BCUT2D eigenvalue weighted by Crippen LogP contribution is 2.13. The zero-order valence-corrected chi connectivity index (χ0v) is 11.2. The van der Waals surface area contributed by atoms with Gasteiger partial charge in [0.25, 0.3) is 0 Å². The second kappa shape index (κ2) is 6.69. The van der Waals surface area contributed by atoms with Gasteiger partial charge in [-0.1, -0.05) is 6.07 Å². The topological polar surface area (TPSA) is 20.3 Å². The number of carbonyl (C=O) groups excluding carboxylic acids is 1. The molecule has 2 nitrogen and oxygen atoms in total. The van der Waals surface area contributed by atoms with E-state index in [1.807, 2.05) is 6.92 Å². The van der Waals surface area contributed by atoms with Gasteiger partial charge >= 0.3 is 0 Å². The van der Waals surface area contributed by atoms with Gasteiger partial charge in [0.2, 0.25) is 5.91 Å². The monoisotopic (exact) mass is 275 g/mol. The van der Waals surface area contributed by atoms with Gasteiger partial charge in [0.15, 0.2) is 0 Å². The van der Waals surface area contributed by atoms with E-state index in [4.69, 9.17) is 11.6 Å². The van der Waals surface area contributed by atoms with E-state index in [0.717, 1.165) is 12.1 Å². The summed E-state index contributed by atoms with van der Waals surface area (Å²) in [4.78, 5) is 13.2. The lowest BCUT2D eigenvalue weighted by molar-refractivity contribution is -0.129. The van der Waals surface area contributed by atoms with Gasteiger partial charge in [-0.2, -0.15) is 0 Å². The van der Waals surface area contributed by atoms with Gasteiger partial charge in [-0.3, -0.25) is 4.79 Å². The predicted molar refractivity (Wildman–Crippen MR) is 67.6 cm³/mol. The predicted octanol–water partition coefficient (Wildman–Crippen LogP) is 2.98. The average molecular weight is 276 g/mol. The minimum absolute atomic E-state index is 0.0366. The van der Waals surface area contributed by atoms with Crippen molar-refractivity contribution in [1.82, 2.24) is 4.90 Å². The van der Waals surface area contributed by atoms with Crippen LogP contribution in [-0.2, 0) is 11.2 Å². The Labute approximate surface area is 111 Å². The maximum Gasteiger partial charge on any atom is 0.226 e. The molecule has 0 aliphatic heterocycles.